The molecule has 1 aromatic carbocycles. The van der Waals surface area contributed by atoms with Crippen molar-refractivity contribution in [2.24, 2.45) is 5.92 Å². The molecule has 0 saturated carbocycles. The SMILES string of the molecule is COc1cccc(C(=O)N(CC(=O)Nc2cc(C(C)(C)C)nn2C(C)(C)C)CC(C)C)c1. The van der Waals surface area contributed by atoms with E-state index >= 15 is 0 Å². The molecule has 1 aromatic heterocycles. The summed E-state index contributed by atoms with van der Waals surface area (Å²) in [5, 5.41) is 7.73. The van der Waals surface area contributed by atoms with Gasteiger partial charge < -0.3 is 15.0 Å². The lowest BCUT2D eigenvalue weighted by Crippen LogP contribution is -2.40. The Bertz CT molecular complexity index is 949. The van der Waals surface area contributed by atoms with Gasteiger partial charge in [-0.3, -0.25) is 9.59 Å². The molecule has 0 aliphatic carbocycles. The molecular weight excluding hydrogens is 404 g/mol. The van der Waals surface area contributed by atoms with E-state index in [1.165, 1.54) is 0 Å². The molecule has 0 spiro atoms. The Labute approximate surface area is 192 Å². The molecule has 1 N–H and O–H groups in total. The fourth-order valence-corrected chi connectivity index (χ4v) is 3.30. The maximum absolute atomic E-state index is 13.2. The van der Waals surface area contributed by atoms with E-state index in [1.807, 2.05) is 45.4 Å². The lowest BCUT2D eigenvalue weighted by atomic mass is 9.92. The number of carbonyl (C=O) groups is 2. The second-order valence-corrected chi connectivity index (χ2v) is 10.6. The van der Waals surface area contributed by atoms with E-state index in [0.29, 0.717) is 23.7 Å². The van der Waals surface area contributed by atoms with Crippen LogP contribution in [0.25, 0.3) is 0 Å². The monoisotopic (exact) mass is 442 g/mol. The van der Waals surface area contributed by atoms with Crippen molar-refractivity contribution in [1.82, 2.24) is 14.7 Å². The van der Waals surface area contributed by atoms with Crippen LogP contribution in [0.2, 0.25) is 0 Å². The van der Waals surface area contributed by atoms with Crippen molar-refractivity contribution in [2.45, 2.75) is 66.3 Å². The van der Waals surface area contributed by atoms with Crippen molar-refractivity contribution in [2.75, 3.05) is 25.5 Å². The maximum Gasteiger partial charge on any atom is 0.254 e. The smallest absolute Gasteiger partial charge is 0.254 e. The molecule has 1 heterocycles. The molecule has 7 heteroatoms. The van der Waals surface area contributed by atoms with E-state index in [2.05, 4.69) is 26.1 Å². The number of ether oxygens (including phenoxy) is 1. The van der Waals surface area contributed by atoms with E-state index < -0.39 is 0 Å². The minimum Gasteiger partial charge on any atom is -0.497 e. The molecule has 0 atom stereocenters. The van der Waals surface area contributed by atoms with Crippen LogP contribution in [0.4, 0.5) is 5.82 Å². The number of aromatic nitrogens is 2. The Morgan fingerprint density at radius 2 is 1.78 bits per heavy atom. The first-order valence-corrected chi connectivity index (χ1v) is 11.1. The maximum atomic E-state index is 13.2. The van der Waals surface area contributed by atoms with E-state index in [4.69, 9.17) is 9.84 Å². The van der Waals surface area contributed by atoms with Crippen LogP contribution in [0.15, 0.2) is 30.3 Å². The number of hydrogen-bond donors (Lipinski definition) is 1. The molecule has 0 aliphatic rings. The number of hydrogen-bond acceptors (Lipinski definition) is 4. The van der Waals surface area contributed by atoms with Crippen LogP contribution in [0.3, 0.4) is 0 Å². The van der Waals surface area contributed by atoms with Crippen molar-refractivity contribution in [3.05, 3.63) is 41.6 Å². The van der Waals surface area contributed by atoms with E-state index in [1.54, 1.807) is 36.3 Å². The summed E-state index contributed by atoms with van der Waals surface area (Å²) < 4.78 is 7.08. The van der Waals surface area contributed by atoms with Gasteiger partial charge in [0.2, 0.25) is 5.91 Å². The van der Waals surface area contributed by atoms with Gasteiger partial charge in [-0.2, -0.15) is 5.10 Å². The van der Waals surface area contributed by atoms with Gasteiger partial charge in [-0.1, -0.05) is 40.7 Å². The first kappa shape index (κ1) is 25.4. The minimum absolute atomic E-state index is 0.0472. The molecule has 2 amide bonds. The number of nitrogens with zero attached hydrogens (tertiary/aromatic N) is 3. The van der Waals surface area contributed by atoms with E-state index in [0.717, 1.165) is 5.69 Å². The van der Waals surface area contributed by atoms with Gasteiger partial charge in [-0.15, -0.1) is 0 Å². The van der Waals surface area contributed by atoms with Gasteiger partial charge in [0.15, 0.2) is 0 Å². The van der Waals surface area contributed by atoms with Gasteiger partial charge in [-0.25, -0.2) is 4.68 Å². The fourth-order valence-electron chi connectivity index (χ4n) is 3.30. The highest BCUT2D eigenvalue weighted by atomic mass is 16.5. The molecule has 0 bridgehead atoms. The van der Waals surface area contributed by atoms with Gasteiger partial charge >= 0.3 is 0 Å². The standard InChI is InChI=1S/C25H38N4O3/c1-17(2)15-28(23(31)18-11-10-12-19(13-18)32-9)16-22(30)26-21-14-20(24(3,4)5)27-29(21)25(6,7)8/h10-14,17H,15-16H2,1-9H3,(H,26,30). The lowest BCUT2D eigenvalue weighted by molar-refractivity contribution is -0.117. The van der Waals surface area contributed by atoms with Crippen molar-refractivity contribution < 1.29 is 14.3 Å². The summed E-state index contributed by atoms with van der Waals surface area (Å²) in [4.78, 5) is 27.8. The fraction of sp³-hybridized carbons (Fsp3) is 0.560. The molecule has 0 fully saturated rings. The van der Waals surface area contributed by atoms with Crippen LogP contribution in [0.1, 0.15) is 71.4 Å². The number of carbonyl (C=O) groups excluding carboxylic acids is 2. The van der Waals surface area contributed by atoms with Gasteiger partial charge in [0.05, 0.1) is 18.3 Å². The third-order valence-electron chi connectivity index (χ3n) is 4.90. The van der Waals surface area contributed by atoms with Crippen LogP contribution >= 0.6 is 0 Å². The second-order valence-electron chi connectivity index (χ2n) is 10.6. The number of benzene rings is 1. The number of nitrogens with one attached hydrogen (secondary N) is 1. The van der Waals surface area contributed by atoms with Gasteiger partial charge in [-0.05, 0) is 44.9 Å². The molecule has 2 rings (SSSR count). The van der Waals surface area contributed by atoms with Crippen LogP contribution in [0, 0.1) is 5.92 Å². The van der Waals surface area contributed by atoms with Crippen LogP contribution in [0.5, 0.6) is 5.75 Å². The highest BCUT2D eigenvalue weighted by molar-refractivity contribution is 5.99. The minimum atomic E-state index is -0.305. The van der Waals surface area contributed by atoms with Crippen LogP contribution < -0.4 is 10.1 Å². The molecule has 0 radical (unpaired) electrons. The summed E-state index contributed by atoms with van der Waals surface area (Å²) in [6.07, 6.45) is 0. The average molecular weight is 443 g/mol. The summed E-state index contributed by atoms with van der Waals surface area (Å²) in [6, 6.07) is 8.91. The molecular formula is C25H38N4O3. The zero-order valence-corrected chi connectivity index (χ0v) is 20.9. The van der Waals surface area contributed by atoms with E-state index in [9.17, 15) is 9.59 Å². The van der Waals surface area contributed by atoms with Gasteiger partial charge in [0, 0.05) is 23.6 Å². The van der Waals surface area contributed by atoms with Gasteiger partial charge in [0.1, 0.15) is 18.1 Å². The molecule has 32 heavy (non-hydrogen) atoms. The van der Waals surface area contributed by atoms with Crippen LogP contribution in [-0.4, -0.2) is 46.7 Å². The first-order valence-electron chi connectivity index (χ1n) is 11.1. The number of methoxy groups -OCH3 is 1. The summed E-state index contributed by atoms with van der Waals surface area (Å²) in [6.45, 7) is 16.9. The Kier molecular flexibility index (Phi) is 7.75. The van der Waals surface area contributed by atoms with Crippen molar-refractivity contribution in [3.8, 4) is 5.75 Å². The highest BCUT2D eigenvalue weighted by Gasteiger charge is 2.27. The molecule has 2 aromatic rings. The average Bonchev–Trinajstić information content (AvgIpc) is 3.11. The quantitative estimate of drug-likeness (QED) is 0.675. The molecule has 0 unspecified atom stereocenters. The summed E-state index contributed by atoms with van der Waals surface area (Å²) in [5.41, 5.74) is 0.934. The van der Waals surface area contributed by atoms with Crippen LogP contribution in [-0.2, 0) is 15.7 Å². The predicted molar refractivity (Wildman–Crippen MR) is 128 cm³/mol. The van der Waals surface area contributed by atoms with Crippen molar-refractivity contribution >= 4 is 17.6 Å². The Balaban J connectivity index is 2.27. The summed E-state index contributed by atoms with van der Waals surface area (Å²) in [7, 11) is 1.56. The molecule has 0 saturated heterocycles. The highest BCUT2D eigenvalue weighted by Crippen LogP contribution is 2.28. The third-order valence-corrected chi connectivity index (χ3v) is 4.90. The Hall–Kier alpha value is -2.83. The van der Waals surface area contributed by atoms with Crippen molar-refractivity contribution in [3.63, 3.8) is 0 Å². The van der Waals surface area contributed by atoms with Crippen molar-refractivity contribution in [1.29, 1.82) is 0 Å². The Morgan fingerprint density at radius 3 is 2.31 bits per heavy atom. The second kappa shape index (κ2) is 9.76. The first-order chi connectivity index (χ1) is 14.7. The molecule has 176 valence electrons. The van der Waals surface area contributed by atoms with E-state index in [-0.39, 0.29) is 35.2 Å². The Morgan fingerprint density at radius 1 is 1.12 bits per heavy atom. The normalized spacial score (nSPS) is 12.1. The summed E-state index contributed by atoms with van der Waals surface area (Å²) in [5.74, 6) is 0.990. The molecule has 7 nitrogen and oxygen atoms in total. The number of rotatable bonds is 7. The predicted octanol–water partition coefficient (Wildman–Crippen LogP) is 4.68. The zero-order chi connectivity index (χ0) is 24.3. The largest absolute Gasteiger partial charge is 0.497 e. The number of amides is 2. The third kappa shape index (κ3) is 6.58. The zero-order valence-electron chi connectivity index (χ0n) is 20.9. The molecule has 0 aliphatic heterocycles. The lowest BCUT2D eigenvalue weighted by Gasteiger charge is -2.26. The van der Waals surface area contributed by atoms with Gasteiger partial charge in [0.25, 0.3) is 5.91 Å². The number of anilines is 1. The summed E-state index contributed by atoms with van der Waals surface area (Å²) >= 11 is 0. The topological polar surface area (TPSA) is 76.5 Å².